The first-order valence-electron chi connectivity index (χ1n) is 6.23. The summed E-state index contributed by atoms with van der Waals surface area (Å²) in [6.07, 6.45) is 0.564. The van der Waals surface area contributed by atoms with Gasteiger partial charge in [-0.2, -0.15) is 0 Å². The fraction of sp³-hybridized carbons (Fsp3) is 0.385. The van der Waals surface area contributed by atoms with Gasteiger partial charge in [-0.3, -0.25) is 0 Å². The maximum Gasteiger partial charge on any atom is 0.321 e. The van der Waals surface area contributed by atoms with Crippen molar-refractivity contribution in [2.75, 3.05) is 18.4 Å². The predicted molar refractivity (Wildman–Crippen MR) is 80.1 cm³/mol. The number of nitrogens with zero attached hydrogens (tertiary/aromatic N) is 2. The molecule has 0 radical (unpaired) electrons. The van der Waals surface area contributed by atoms with E-state index in [1.54, 1.807) is 23.1 Å². The van der Waals surface area contributed by atoms with Crippen molar-refractivity contribution in [3.05, 3.63) is 28.2 Å². The molecule has 0 aliphatic carbocycles. The number of piperidine rings is 1. The van der Waals surface area contributed by atoms with Crippen LogP contribution >= 0.6 is 23.2 Å². The second-order valence-corrected chi connectivity index (χ2v) is 5.59. The van der Waals surface area contributed by atoms with E-state index in [0.717, 1.165) is 5.71 Å². The van der Waals surface area contributed by atoms with Gasteiger partial charge in [0.25, 0.3) is 0 Å². The Hall–Kier alpha value is -1.46. The van der Waals surface area contributed by atoms with Gasteiger partial charge in [-0.1, -0.05) is 35.3 Å². The Bertz CT molecular complexity index is 548. The van der Waals surface area contributed by atoms with E-state index in [0.29, 0.717) is 35.2 Å². The van der Waals surface area contributed by atoms with Crippen molar-refractivity contribution in [2.24, 2.45) is 11.1 Å². The molecule has 1 saturated heterocycles. The normalized spacial score (nSPS) is 21.1. The molecule has 0 bridgehead atoms. The molecule has 1 heterocycles. The number of carbonyl (C=O) groups is 1. The lowest BCUT2D eigenvalue weighted by molar-refractivity contribution is 0.203. The van der Waals surface area contributed by atoms with Gasteiger partial charge in [0.2, 0.25) is 0 Å². The fourth-order valence-electron chi connectivity index (χ4n) is 2.14. The van der Waals surface area contributed by atoms with Gasteiger partial charge >= 0.3 is 6.03 Å². The smallest absolute Gasteiger partial charge is 0.321 e. The lowest BCUT2D eigenvalue weighted by Gasteiger charge is -2.31. The van der Waals surface area contributed by atoms with Crippen LogP contribution in [0.4, 0.5) is 10.5 Å². The minimum absolute atomic E-state index is 0.0364. The molecular formula is C13H15Cl2N3O2. The second kappa shape index (κ2) is 6.33. The Morgan fingerprint density at radius 1 is 1.50 bits per heavy atom. The summed E-state index contributed by atoms with van der Waals surface area (Å²) in [6.45, 7) is 2.93. The molecule has 1 aliphatic rings. The van der Waals surface area contributed by atoms with Crippen LogP contribution in [0.1, 0.15) is 13.3 Å². The summed E-state index contributed by atoms with van der Waals surface area (Å²) in [7, 11) is 0. The van der Waals surface area contributed by atoms with Crippen LogP contribution in [0.25, 0.3) is 0 Å². The summed E-state index contributed by atoms with van der Waals surface area (Å²) in [4.78, 5) is 13.8. The number of carbonyl (C=O) groups excluding carboxylic acids is 1. The van der Waals surface area contributed by atoms with E-state index in [1.165, 1.54) is 0 Å². The SMILES string of the molecule is CC1CN(C(=O)Nc2cc(Cl)ccc2Cl)CC/C1=N\O. The van der Waals surface area contributed by atoms with Crippen molar-refractivity contribution in [1.29, 1.82) is 0 Å². The van der Waals surface area contributed by atoms with E-state index in [-0.39, 0.29) is 11.9 Å². The minimum Gasteiger partial charge on any atom is -0.411 e. The number of likely N-dealkylation sites (tertiary alicyclic amines) is 1. The number of amides is 2. The molecule has 0 saturated carbocycles. The summed E-state index contributed by atoms with van der Waals surface area (Å²) in [5.41, 5.74) is 1.20. The average Bonchev–Trinajstić information content (AvgIpc) is 2.42. The zero-order valence-corrected chi connectivity index (χ0v) is 12.4. The van der Waals surface area contributed by atoms with Crippen LogP contribution in [0.3, 0.4) is 0 Å². The lowest BCUT2D eigenvalue weighted by atomic mass is 9.98. The van der Waals surface area contributed by atoms with Gasteiger partial charge < -0.3 is 15.4 Å². The third-order valence-electron chi connectivity index (χ3n) is 3.29. The topological polar surface area (TPSA) is 64.9 Å². The highest BCUT2D eigenvalue weighted by Gasteiger charge is 2.26. The third kappa shape index (κ3) is 3.35. The highest BCUT2D eigenvalue weighted by molar-refractivity contribution is 6.35. The third-order valence-corrected chi connectivity index (χ3v) is 3.85. The maximum absolute atomic E-state index is 12.2. The Morgan fingerprint density at radius 2 is 2.25 bits per heavy atom. The molecule has 1 aromatic rings. The van der Waals surface area contributed by atoms with E-state index in [1.807, 2.05) is 6.92 Å². The number of nitrogens with one attached hydrogen (secondary N) is 1. The quantitative estimate of drug-likeness (QED) is 0.613. The van der Waals surface area contributed by atoms with Crippen LogP contribution in [-0.4, -0.2) is 34.9 Å². The Balaban J connectivity index is 2.04. The van der Waals surface area contributed by atoms with Crippen molar-refractivity contribution < 1.29 is 10.0 Å². The van der Waals surface area contributed by atoms with E-state index in [2.05, 4.69) is 10.5 Å². The number of oxime groups is 1. The fourth-order valence-corrected chi connectivity index (χ4v) is 2.48. The number of rotatable bonds is 1. The Kier molecular flexibility index (Phi) is 4.73. The van der Waals surface area contributed by atoms with Gasteiger partial charge in [0.1, 0.15) is 0 Å². The summed E-state index contributed by atoms with van der Waals surface area (Å²) >= 11 is 11.9. The van der Waals surface area contributed by atoms with Crippen molar-refractivity contribution >= 4 is 40.6 Å². The van der Waals surface area contributed by atoms with Crippen LogP contribution in [-0.2, 0) is 0 Å². The van der Waals surface area contributed by atoms with Crippen molar-refractivity contribution in [1.82, 2.24) is 4.90 Å². The minimum atomic E-state index is -0.238. The summed E-state index contributed by atoms with van der Waals surface area (Å²) in [5, 5.41) is 15.8. The number of hydrogen-bond acceptors (Lipinski definition) is 3. The van der Waals surface area contributed by atoms with Crippen LogP contribution in [0, 0.1) is 5.92 Å². The molecule has 2 N–H and O–H groups in total. The first-order chi connectivity index (χ1) is 9.51. The molecule has 1 aliphatic heterocycles. The van der Waals surface area contributed by atoms with Crippen LogP contribution in [0.2, 0.25) is 10.0 Å². The molecule has 1 fully saturated rings. The van der Waals surface area contributed by atoms with Crippen LogP contribution < -0.4 is 5.32 Å². The number of halogens is 2. The van der Waals surface area contributed by atoms with E-state index >= 15 is 0 Å². The standard InChI is InChI=1S/C13H15Cl2N3O2/c1-8-7-18(5-4-11(8)17-20)13(19)16-12-6-9(14)2-3-10(12)15/h2-3,6,8,20H,4-5,7H2,1H3,(H,16,19)/b17-11+. The molecule has 5 nitrogen and oxygen atoms in total. The molecule has 2 rings (SSSR count). The van der Waals surface area contributed by atoms with Gasteiger partial charge in [-0.05, 0) is 18.2 Å². The number of hydrogen-bond donors (Lipinski definition) is 2. The van der Waals surface area contributed by atoms with Crippen molar-refractivity contribution in [2.45, 2.75) is 13.3 Å². The lowest BCUT2D eigenvalue weighted by Crippen LogP contribution is -2.45. The number of urea groups is 1. The van der Waals surface area contributed by atoms with E-state index < -0.39 is 0 Å². The molecular weight excluding hydrogens is 301 g/mol. The number of anilines is 1. The van der Waals surface area contributed by atoms with Crippen LogP contribution in [0.15, 0.2) is 23.4 Å². The van der Waals surface area contributed by atoms with Gasteiger partial charge in [-0.15, -0.1) is 0 Å². The highest BCUT2D eigenvalue weighted by atomic mass is 35.5. The molecule has 1 unspecified atom stereocenters. The zero-order chi connectivity index (χ0) is 14.7. The molecule has 1 aromatic carbocycles. The molecule has 7 heteroatoms. The summed E-state index contributed by atoms with van der Waals surface area (Å²) in [6, 6.07) is 4.66. The molecule has 0 spiro atoms. The van der Waals surface area contributed by atoms with Gasteiger partial charge in [-0.25, -0.2) is 4.79 Å². The zero-order valence-electron chi connectivity index (χ0n) is 10.9. The molecule has 2 amide bonds. The predicted octanol–water partition coefficient (Wildman–Crippen LogP) is 3.70. The Labute approximate surface area is 127 Å². The van der Waals surface area contributed by atoms with E-state index in [9.17, 15) is 4.79 Å². The first kappa shape index (κ1) is 14.9. The maximum atomic E-state index is 12.2. The van der Waals surface area contributed by atoms with Crippen molar-refractivity contribution in [3.8, 4) is 0 Å². The summed E-state index contributed by atoms with van der Waals surface area (Å²) in [5.74, 6) is 0.0364. The van der Waals surface area contributed by atoms with E-state index in [4.69, 9.17) is 28.4 Å². The molecule has 1 atom stereocenters. The van der Waals surface area contributed by atoms with Crippen LogP contribution in [0.5, 0.6) is 0 Å². The molecule has 108 valence electrons. The monoisotopic (exact) mass is 315 g/mol. The molecule has 20 heavy (non-hydrogen) atoms. The second-order valence-electron chi connectivity index (χ2n) is 4.74. The highest BCUT2D eigenvalue weighted by Crippen LogP contribution is 2.26. The number of benzene rings is 1. The average molecular weight is 316 g/mol. The Morgan fingerprint density at radius 3 is 2.90 bits per heavy atom. The van der Waals surface area contributed by atoms with Gasteiger partial charge in [0.05, 0.1) is 16.4 Å². The van der Waals surface area contributed by atoms with Crippen molar-refractivity contribution in [3.63, 3.8) is 0 Å². The largest absolute Gasteiger partial charge is 0.411 e. The molecule has 0 aromatic heterocycles. The first-order valence-corrected chi connectivity index (χ1v) is 6.98. The summed E-state index contributed by atoms with van der Waals surface area (Å²) < 4.78 is 0. The van der Waals surface area contributed by atoms with Gasteiger partial charge in [0.15, 0.2) is 0 Å². The van der Waals surface area contributed by atoms with Gasteiger partial charge in [0, 0.05) is 30.5 Å².